The molecule has 0 amide bonds. The van der Waals surface area contributed by atoms with E-state index >= 15 is 0 Å². The summed E-state index contributed by atoms with van der Waals surface area (Å²) < 4.78 is 0. The Bertz CT molecular complexity index is 79.7. The highest BCUT2D eigenvalue weighted by atomic mass is 16.4. The van der Waals surface area contributed by atoms with Gasteiger partial charge in [-0.3, -0.25) is 5.84 Å². The summed E-state index contributed by atoms with van der Waals surface area (Å²) in [5, 5.41) is 18.3. The molecule has 0 aliphatic carbocycles. The van der Waals surface area contributed by atoms with Crippen molar-refractivity contribution in [1.82, 2.24) is 5.01 Å². The van der Waals surface area contributed by atoms with Gasteiger partial charge < -0.3 is 10.0 Å². The minimum Gasteiger partial charge on any atom is -0.426 e. The number of nitrogens with two attached hydrogens (primary N) is 1. The van der Waals surface area contributed by atoms with Gasteiger partial charge in [0.05, 0.1) is 0 Å². The molecule has 10 heavy (non-hydrogen) atoms. The van der Waals surface area contributed by atoms with Gasteiger partial charge in [0.15, 0.2) is 0 Å². The molecule has 0 spiro atoms. The molecule has 0 saturated carbocycles. The molecule has 0 aromatic heterocycles. The molecule has 0 rings (SSSR count). The molecule has 0 aromatic carbocycles. The Morgan fingerprint density at radius 3 is 2.30 bits per heavy atom. The quantitative estimate of drug-likeness (QED) is 0.265. The molecule has 0 aliphatic heterocycles. The second-order valence-electron chi connectivity index (χ2n) is 2.83. The van der Waals surface area contributed by atoms with Crippen molar-refractivity contribution in [2.75, 3.05) is 13.0 Å². The summed E-state index contributed by atoms with van der Waals surface area (Å²) in [6, 6.07) is 0. The van der Waals surface area contributed by atoms with Crippen LogP contribution in [0.5, 0.6) is 0 Å². The zero-order chi connectivity index (χ0) is 8.15. The molecule has 60 valence electrons. The average Bonchev–Trinajstić information content (AvgIpc) is 1.58. The lowest BCUT2D eigenvalue weighted by Gasteiger charge is -2.17. The van der Waals surface area contributed by atoms with Crippen LogP contribution in [0.25, 0.3) is 0 Å². The molecule has 0 atom stereocenters. The largest absolute Gasteiger partial charge is 0.468 e. The summed E-state index contributed by atoms with van der Waals surface area (Å²) in [5.41, 5.74) is 0. The lowest BCUT2D eigenvalue weighted by Crippen LogP contribution is -2.42. The van der Waals surface area contributed by atoms with Crippen LogP contribution in [-0.2, 0) is 0 Å². The van der Waals surface area contributed by atoms with E-state index in [2.05, 4.69) is 0 Å². The first-order valence-corrected chi connectivity index (χ1v) is 3.38. The van der Waals surface area contributed by atoms with Crippen LogP contribution in [0.1, 0.15) is 13.8 Å². The lowest BCUT2D eigenvalue weighted by molar-refractivity contribution is 0.258. The van der Waals surface area contributed by atoms with Crippen LogP contribution in [-0.4, -0.2) is 35.2 Å². The average molecular weight is 146 g/mol. The highest BCUT2D eigenvalue weighted by molar-refractivity contribution is 6.41. The van der Waals surface area contributed by atoms with E-state index in [-0.39, 0.29) is 6.44 Å². The van der Waals surface area contributed by atoms with E-state index in [4.69, 9.17) is 15.9 Å². The van der Waals surface area contributed by atoms with E-state index < -0.39 is 7.12 Å². The maximum absolute atomic E-state index is 8.47. The fraction of sp³-hybridized carbons (Fsp3) is 1.00. The predicted octanol–water partition coefficient (Wildman–Crippen LogP) is -1.17. The van der Waals surface area contributed by atoms with Crippen molar-refractivity contribution in [1.29, 1.82) is 0 Å². The van der Waals surface area contributed by atoms with Gasteiger partial charge in [-0.05, 0) is 5.92 Å². The van der Waals surface area contributed by atoms with Gasteiger partial charge in [-0.15, -0.1) is 0 Å². The number of rotatable bonds is 4. The lowest BCUT2D eigenvalue weighted by atomic mass is 9.92. The van der Waals surface area contributed by atoms with Crippen LogP contribution in [0.4, 0.5) is 0 Å². The van der Waals surface area contributed by atoms with E-state index in [1.54, 1.807) is 0 Å². The standard InChI is InChI=1S/C5H15BN2O2/c1-5(2)3-8(7)4-6(9)10/h5,9-10H,3-4,7H2,1-2H3. The Kier molecular flexibility index (Phi) is 4.63. The summed E-state index contributed by atoms with van der Waals surface area (Å²) in [7, 11) is -1.33. The Labute approximate surface area is 61.7 Å². The highest BCUT2D eigenvalue weighted by Gasteiger charge is 2.11. The van der Waals surface area contributed by atoms with E-state index in [0.717, 1.165) is 0 Å². The molecule has 0 unspecified atom stereocenters. The Morgan fingerprint density at radius 1 is 1.50 bits per heavy atom. The van der Waals surface area contributed by atoms with Gasteiger partial charge in [0.2, 0.25) is 0 Å². The smallest absolute Gasteiger partial charge is 0.426 e. The molecule has 0 fully saturated rings. The number of hydrogen-bond acceptors (Lipinski definition) is 4. The van der Waals surface area contributed by atoms with E-state index in [1.165, 1.54) is 5.01 Å². The van der Waals surface area contributed by atoms with Crippen molar-refractivity contribution in [2.45, 2.75) is 13.8 Å². The van der Waals surface area contributed by atoms with Crippen molar-refractivity contribution in [2.24, 2.45) is 11.8 Å². The number of hydrogen-bond donors (Lipinski definition) is 3. The van der Waals surface area contributed by atoms with Crippen LogP contribution in [0.3, 0.4) is 0 Å². The van der Waals surface area contributed by atoms with Gasteiger partial charge in [0, 0.05) is 13.0 Å². The summed E-state index contributed by atoms with van der Waals surface area (Å²) in [6.45, 7) is 4.71. The summed E-state index contributed by atoms with van der Waals surface area (Å²) in [5.74, 6) is 5.84. The Morgan fingerprint density at radius 2 is 2.00 bits per heavy atom. The molecule has 0 heterocycles. The molecule has 0 aromatic rings. The molecular weight excluding hydrogens is 131 g/mol. The van der Waals surface area contributed by atoms with Gasteiger partial charge in [-0.2, -0.15) is 0 Å². The zero-order valence-electron chi connectivity index (χ0n) is 6.49. The van der Waals surface area contributed by atoms with Gasteiger partial charge >= 0.3 is 7.12 Å². The van der Waals surface area contributed by atoms with E-state index in [9.17, 15) is 0 Å². The van der Waals surface area contributed by atoms with Crippen LogP contribution in [0.15, 0.2) is 0 Å². The molecule has 0 saturated heterocycles. The Balaban J connectivity index is 3.34. The molecule has 4 nitrogen and oxygen atoms in total. The monoisotopic (exact) mass is 146 g/mol. The molecule has 0 radical (unpaired) electrons. The van der Waals surface area contributed by atoms with E-state index in [1.807, 2.05) is 13.8 Å². The minimum absolute atomic E-state index is 0.109. The van der Waals surface area contributed by atoms with Gasteiger partial charge in [-0.25, -0.2) is 5.01 Å². The summed E-state index contributed by atoms with van der Waals surface area (Å²) in [4.78, 5) is 0. The second kappa shape index (κ2) is 4.68. The summed E-state index contributed by atoms with van der Waals surface area (Å²) >= 11 is 0. The fourth-order valence-electron chi connectivity index (χ4n) is 0.753. The van der Waals surface area contributed by atoms with Crippen molar-refractivity contribution >= 4 is 7.12 Å². The third-order valence-electron chi connectivity index (χ3n) is 0.997. The second-order valence-corrected chi connectivity index (χ2v) is 2.83. The molecule has 0 aliphatic rings. The first-order valence-electron chi connectivity index (χ1n) is 3.38. The summed E-state index contributed by atoms with van der Waals surface area (Å²) in [6.07, 6.45) is 0.109. The topological polar surface area (TPSA) is 69.7 Å². The van der Waals surface area contributed by atoms with Gasteiger partial charge in [0.25, 0.3) is 0 Å². The third kappa shape index (κ3) is 6.03. The molecule has 5 heteroatoms. The van der Waals surface area contributed by atoms with Crippen LogP contribution in [0.2, 0.25) is 0 Å². The van der Waals surface area contributed by atoms with Crippen LogP contribution >= 0.6 is 0 Å². The van der Waals surface area contributed by atoms with Crippen molar-refractivity contribution in [3.05, 3.63) is 0 Å². The van der Waals surface area contributed by atoms with E-state index in [0.29, 0.717) is 12.5 Å². The first-order chi connectivity index (χ1) is 4.52. The zero-order valence-corrected chi connectivity index (χ0v) is 6.49. The minimum atomic E-state index is -1.33. The van der Waals surface area contributed by atoms with Crippen molar-refractivity contribution in [3.63, 3.8) is 0 Å². The molecular formula is C5H15BN2O2. The maximum atomic E-state index is 8.47. The van der Waals surface area contributed by atoms with Crippen LogP contribution < -0.4 is 5.84 Å². The van der Waals surface area contributed by atoms with Gasteiger partial charge in [-0.1, -0.05) is 13.8 Å². The molecule has 0 bridgehead atoms. The van der Waals surface area contributed by atoms with Crippen molar-refractivity contribution in [3.8, 4) is 0 Å². The Hall–Kier alpha value is -0.0951. The molecule has 4 N–H and O–H groups in total. The fourth-order valence-corrected chi connectivity index (χ4v) is 0.753. The van der Waals surface area contributed by atoms with Crippen molar-refractivity contribution < 1.29 is 10.0 Å². The predicted molar refractivity (Wildman–Crippen MR) is 40.8 cm³/mol. The highest BCUT2D eigenvalue weighted by Crippen LogP contribution is 1.92. The SMILES string of the molecule is CC(C)CN(N)CB(O)O. The normalized spacial score (nSPS) is 11.1. The maximum Gasteiger partial charge on any atom is 0.468 e. The number of nitrogens with zero attached hydrogens (tertiary/aromatic N) is 1. The number of hydrazine groups is 1. The third-order valence-corrected chi connectivity index (χ3v) is 0.997. The van der Waals surface area contributed by atoms with Crippen LogP contribution in [0, 0.1) is 5.92 Å². The van der Waals surface area contributed by atoms with Gasteiger partial charge in [0.1, 0.15) is 0 Å². The first kappa shape index (κ1) is 9.90.